The minimum Gasteiger partial charge on any atom is -0.351 e. The zero-order valence-corrected chi connectivity index (χ0v) is 13.4. The average molecular weight is 378 g/mol. The van der Waals surface area contributed by atoms with Gasteiger partial charge in [0.25, 0.3) is 0 Å². The van der Waals surface area contributed by atoms with Crippen LogP contribution in [-0.4, -0.2) is 41.6 Å². The standard InChI is InChI=1S/C13H17ClIN3/c1-9-8-17(10-2-3-10)4-5-18(9)13-6-12(15)11(14)7-16-13/h6-7,9-10H,2-5,8H2,1H3/t9-/m0/s1. The second-order valence-electron chi connectivity index (χ2n) is 5.23. The van der Waals surface area contributed by atoms with Crippen molar-refractivity contribution in [1.29, 1.82) is 0 Å². The largest absolute Gasteiger partial charge is 0.351 e. The molecule has 1 aliphatic heterocycles. The lowest BCUT2D eigenvalue weighted by Gasteiger charge is -2.40. The highest BCUT2D eigenvalue weighted by Crippen LogP contribution is 2.30. The van der Waals surface area contributed by atoms with E-state index in [-0.39, 0.29) is 0 Å². The summed E-state index contributed by atoms with van der Waals surface area (Å²) in [5.41, 5.74) is 0. The Hall–Kier alpha value is -0.0700. The molecule has 98 valence electrons. The minimum absolute atomic E-state index is 0.531. The first-order chi connectivity index (χ1) is 8.65. The van der Waals surface area contributed by atoms with E-state index in [1.165, 1.54) is 12.8 Å². The Morgan fingerprint density at radius 1 is 1.39 bits per heavy atom. The van der Waals surface area contributed by atoms with Crippen molar-refractivity contribution in [2.45, 2.75) is 31.8 Å². The molecule has 1 saturated heterocycles. The number of piperazine rings is 1. The molecule has 1 aliphatic carbocycles. The number of hydrogen-bond donors (Lipinski definition) is 0. The first kappa shape index (κ1) is 12.9. The molecular weight excluding hydrogens is 361 g/mol. The molecule has 1 aromatic rings. The van der Waals surface area contributed by atoms with Crippen molar-refractivity contribution >= 4 is 40.0 Å². The van der Waals surface area contributed by atoms with Crippen molar-refractivity contribution in [3.8, 4) is 0 Å². The van der Waals surface area contributed by atoms with Gasteiger partial charge in [0.05, 0.1) is 5.02 Å². The van der Waals surface area contributed by atoms with Gasteiger partial charge in [-0.15, -0.1) is 0 Å². The van der Waals surface area contributed by atoms with Crippen LogP contribution >= 0.6 is 34.2 Å². The number of pyridine rings is 1. The fourth-order valence-electron chi connectivity index (χ4n) is 2.66. The first-order valence-corrected chi connectivity index (χ1v) is 7.92. The Morgan fingerprint density at radius 3 is 2.78 bits per heavy atom. The van der Waals surface area contributed by atoms with Gasteiger partial charge in [-0.1, -0.05) is 11.6 Å². The Kier molecular flexibility index (Phi) is 3.69. The van der Waals surface area contributed by atoms with Crippen LogP contribution in [0.25, 0.3) is 0 Å². The van der Waals surface area contributed by atoms with Crippen LogP contribution in [0.15, 0.2) is 12.3 Å². The van der Waals surface area contributed by atoms with Gasteiger partial charge in [-0.2, -0.15) is 0 Å². The van der Waals surface area contributed by atoms with Crippen LogP contribution in [-0.2, 0) is 0 Å². The highest BCUT2D eigenvalue weighted by molar-refractivity contribution is 14.1. The summed E-state index contributed by atoms with van der Waals surface area (Å²) in [6, 6.07) is 3.49. The smallest absolute Gasteiger partial charge is 0.129 e. The third kappa shape index (κ3) is 2.60. The fourth-order valence-corrected chi connectivity index (χ4v) is 3.18. The van der Waals surface area contributed by atoms with Crippen molar-refractivity contribution in [1.82, 2.24) is 9.88 Å². The van der Waals surface area contributed by atoms with E-state index in [9.17, 15) is 0 Å². The normalized spacial score (nSPS) is 25.5. The van der Waals surface area contributed by atoms with Crippen LogP contribution in [0.4, 0.5) is 5.82 Å². The van der Waals surface area contributed by atoms with Gasteiger partial charge in [0.2, 0.25) is 0 Å². The maximum Gasteiger partial charge on any atom is 0.129 e. The monoisotopic (exact) mass is 377 g/mol. The van der Waals surface area contributed by atoms with Crippen molar-refractivity contribution in [2.75, 3.05) is 24.5 Å². The summed E-state index contributed by atoms with van der Waals surface area (Å²) in [7, 11) is 0. The number of aromatic nitrogens is 1. The maximum absolute atomic E-state index is 6.03. The molecule has 0 bridgehead atoms. The lowest BCUT2D eigenvalue weighted by molar-refractivity contribution is 0.219. The molecule has 0 amide bonds. The fraction of sp³-hybridized carbons (Fsp3) is 0.615. The molecule has 2 aliphatic rings. The average Bonchev–Trinajstić information content (AvgIpc) is 3.17. The molecule has 1 atom stereocenters. The Morgan fingerprint density at radius 2 is 2.17 bits per heavy atom. The summed E-state index contributed by atoms with van der Waals surface area (Å²) in [6.45, 7) is 5.68. The predicted octanol–water partition coefficient (Wildman–Crippen LogP) is 3.01. The SMILES string of the molecule is C[C@H]1CN(C2CC2)CCN1c1cc(I)c(Cl)cn1. The highest BCUT2D eigenvalue weighted by atomic mass is 127. The van der Waals surface area contributed by atoms with Crippen molar-refractivity contribution in [3.63, 3.8) is 0 Å². The molecule has 3 nitrogen and oxygen atoms in total. The third-order valence-corrected chi connectivity index (χ3v) is 5.32. The summed E-state index contributed by atoms with van der Waals surface area (Å²) in [4.78, 5) is 9.50. The molecule has 0 radical (unpaired) electrons. The van der Waals surface area contributed by atoms with E-state index in [0.29, 0.717) is 6.04 Å². The predicted molar refractivity (Wildman–Crippen MR) is 83.4 cm³/mol. The summed E-state index contributed by atoms with van der Waals surface area (Å²) < 4.78 is 1.08. The van der Waals surface area contributed by atoms with Crippen molar-refractivity contribution in [2.24, 2.45) is 0 Å². The van der Waals surface area contributed by atoms with Crippen LogP contribution in [0.3, 0.4) is 0 Å². The van der Waals surface area contributed by atoms with Gasteiger partial charge in [0.1, 0.15) is 5.82 Å². The summed E-state index contributed by atoms with van der Waals surface area (Å²) in [5, 5.41) is 0.739. The van der Waals surface area contributed by atoms with Crippen LogP contribution in [0.1, 0.15) is 19.8 Å². The third-order valence-electron chi connectivity index (χ3n) is 3.81. The maximum atomic E-state index is 6.03. The molecule has 1 aromatic heterocycles. The minimum atomic E-state index is 0.531. The van der Waals surface area contributed by atoms with E-state index in [1.54, 1.807) is 6.20 Å². The molecule has 0 unspecified atom stereocenters. The van der Waals surface area contributed by atoms with E-state index in [0.717, 1.165) is 40.1 Å². The molecule has 1 saturated carbocycles. The van der Waals surface area contributed by atoms with Crippen LogP contribution in [0.5, 0.6) is 0 Å². The molecule has 5 heteroatoms. The number of rotatable bonds is 2. The Bertz CT molecular complexity index is 450. The molecule has 0 N–H and O–H groups in total. The van der Waals surface area contributed by atoms with Gasteiger partial charge in [0, 0.05) is 41.5 Å². The van der Waals surface area contributed by atoms with Gasteiger partial charge >= 0.3 is 0 Å². The molecule has 18 heavy (non-hydrogen) atoms. The highest BCUT2D eigenvalue weighted by Gasteiger charge is 2.34. The van der Waals surface area contributed by atoms with E-state index in [4.69, 9.17) is 11.6 Å². The summed E-state index contributed by atoms with van der Waals surface area (Å²) in [5.74, 6) is 1.06. The van der Waals surface area contributed by atoms with E-state index in [1.807, 2.05) is 0 Å². The summed E-state index contributed by atoms with van der Waals surface area (Å²) in [6.07, 6.45) is 4.55. The number of hydrogen-bond acceptors (Lipinski definition) is 3. The lowest BCUT2D eigenvalue weighted by Crippen LogP contribution is -2.52. The zero-order valence-electron chi connectivity index (χ0n) is 10.4. The van der Waals surface area contributed by atoms with Gasteiger partial charge in [-0.05, 0) is 48.4 Å². The number of anilines is 1. The second kappa shape index (κ2) is 5.13. The van der Waals surface area contributed by atoms with Crippen LogP contribution in [0, 0.1) is 3.57 Å². The zero-order chi connectivity index (χ0) is 12.7. The molecular formula is C13H17ClIN3. The van der Waals surface area contributed by atoms with E-state index in [2.05, 4.69) is 50.4 Å². The van der Waals surface area contributed by atoms with Gasteiger partial charge < -0.3 is 4.90 Å². The first-order valence-electron chi connectivity index (χ1n) is 6.47. The van der Waals surface area contributed by atoms with Gasteiger partial charge in [0.15, 0.2) is 0 Å². The number of halogens is 2. The Labute approximate surface area is 127 Å². The molecule has 2 fully saturated rings. The van der Waals surface area contributed by atoms with E-state index < -0.39 is 0 Å². The van der Waals surface area contributed by atoms with Gasteiger partial charge in [-0.25, -0.2) is 4.98 Å². The van der Waals surface area contributed by atoms with Crippen LogP contribution in [0.2, 0.25) is 5.02 Å². The second-order valence-corrected chi connectivity index (χ2v) is 6.79. The van der Waals surface area contributed by atoms with Gasteiger partial charge in [-0.3, -0.25) is 4.90 Å². The Balaban J connectivity index is 1.74. The molecule has 0 aromatic carbocycles. The lowest BCUT2D eigenvalue weighted by atomic mass is 10.2. The summed E-state index contributed by atoms with van der Waals surface area (Å²) >= 11 is 8.30. The van der Waals surface area contributed by atoms with Crippen LogP contribution < -0.4 is 4.90 Å². The van der Waals surface area contributed by atoms with Crippen molar-refractivity contribution < 1.29 is 0 Å². The van der Waals surface area contributed by atoms with E-state index >= 15 is 0 Å². The van der Waals surface area contributed by atoms with Crippen molar-refractivity contribution in [3.05, 3.63) is 20.9 Å². The molecule has 0 spiro atoms. The number of nitrogens with zero attached hydrogens (tertiary/aromatic N) is 3. The molecule has 3 rings (SSSR count). The quantitative estimate of drug-likeness (QED) is 0.739. The molecule has 2 heterocycles. The topological polar surface area (TPSA) is 19.4 Å².